The molecule has 1 N–H and O–H groups in total. The van der Waals surface area contributed by atoms with Crippen molar-refractivity contribution in [2.24, 2.45) is 0 Å². The summed E-state index contributed by atoms with van der Waals surface area (Å²) in [6, 6.07) is 0.343. The fraction of sp³-hybridized carbons (Fsp3) is 0.727. The molecule has 2 aliphatic rings. The molecule has 0 bridgehead atoms. The standard InChI is InChI=1S/C11H16N4O4/c16-5-4-14-9-1-6-19-8-11(9,14)7-13-3-2-12-10(13)15(17)18/h2-3,9,16H,1,4-8H2. The molecule has 1 aromatic heterocycles. The first-order valence-electron chi connectivity index (χ1n) is 6.30. The van der Waals surface area contributed by atoms with Crippen molar-refractivity contribution in [3.63, 3.8) is 0 Å². The van der Waals surface area contributed by atoms with Gasteiger partial charge in [-0.15, -0.1) is 0 Å². The Kier molecular flexibility index (Phi) is 3.00. The number of aliphatic hydroxyl groups excluding tert-OH is 1. The van der Waals surface area contributed by atoms with Gasteiger partial charge in [0.1, 0.15) is 12.4 Å². The van der Waals surface area contributed by atoms with E-state index in [2.05, 4.69) is 9.88 Å². The molecule has 2 saturated heterocycles. The summed E-state index contributed by atoms with van der Waals surface area (Å²) in [5, 5.41) is 20.0. The zero-order valence-electron chi connectivity index (χ0n) is 10.4. The fourth-order valence-corrected chi connectivity index (χ4v) is 3.17. The van der Waals surface area contributed by atoms with Gasteiger partial charge < -0.3 is 20.0 Å². The number of nitrogens with zero attached hydrogens (tertiary/aromatic N) is 4. The summed E-state index contributed by atoms with van der Waals surface area (Å²) >= 11 is 0. The Balaban J connectivity index is 1.81. The number of nitro groups is 1. The Morgan fingerprint density at radius 2 is 2.53 bits per heavy atom. The Morgan fingerprint density at radius 3 is 3.26 bits per heavy atom. The molecule has 8 heteroatoms. The molecule has 104 valence electrons. The average Bonchev–Trinajstić information content (AvgIpc) is 2.78. The van der Waals surface area contributed by atoms with Gasteiger partial charge in [-0.3, -0.25) is 4.90 Å². The first-order valence-corrected chi connectivity index (χ1v) is 6.30. The highest BCUT2D eigenvalue weighted by atomic mass is 16.6. The third kappa shape index (κ3) is 1.92. The SMILES string of the molecule is O=[N+]([O-])c1nccn1CC12COCCC1N2CCO. The van der Waals surface area contributed by atoms with Crippen LogP contribution in [0, 0.1) is 10.1 Å². The highest BCUT2D eigenvalue weighted by Gasteiger charge is 2.64. The number of ether oxygens (including phenoxy) is 1. The van der Waals surface area contributed by atoms with Gasteiger partial charge in [0, 0.05) is 19.2 Å². The van der Waals surface area contributed by atoms with Crippen molar-refractivity contribution in [2.45, 2.75) is 24.5 Å². The van der Waals surface area contributed by atoms with E-state index < -0.39 is 4.92 Å². The molecule has 3 rings (SSSR count). The van der Waals surface area contributed by atoms with Gasteiger partial charge in [-0.05, 0) is 11.3 Å². The minimum Gasteiger partial charge on any atom is -0.395 e. The maximum Gasteiger partial charge on any atom is 0.434 e. The lowest BCUT2D eigenvalue weighted by Crippen LogP contribution is -2.35. The van der Waals surface area contributed by atoms with Crippen molar-refractivity contribution >= 4 is 5.95 Å². The highest BCUT2D eigenvalue weighted by molar-refractivity contribution is 5.20. The van der Waals surface area contributed by atoms with Crippen LogP contribution in [0.4, 0.5) is 5.95 Å². The lowest BCUT2D eigenvalue weighted by Gasteiger charge is -2.20. The average molecular weight is 268 g/mol. The van der Waals surface area contributed by atoms with Gasteiger partial charge in [0.05, 0.1) is 25.3 Å². The number of β-amino-alcohol motifs (C(OH)–C–C–N with tert-alkyl or cyclic N) is 1. The third-order valence-corrected chi connectivity index (χ3v) is 4.03. The van der Waals surface area contributed by atoms with Crippen molar-refractivity contribution in [1.29, 1.82) is 0 Å². The number of fused-ring (bicyclic) bond motifs is 1. The highest BCUT2D eigenvalue weighted by Crippen LogP contribution is 2.47. The maximum atomic E-state index is 10.9. The minimum absolute atomic E-state index is 0.0876. The monoisotopic (exact) mass is 268 g/mol. The van der Waals surface area contributed by atoms with Crippen molar-refractivity contribution in [1.82, 2.24) is 14.5 Å². The maximum absolute atomic E-state index is 10.9. The molecule has 19 heavy (non-hydrogen) atoms. The van der Waals surface area contributed by atoms with Crippen molar-refractivity contribution in [3.05, 3.63) is 22.5 Å². The Labute approximate surface area is 109 Å². The van der Waals surface area contributed by atoms with E-state index in [1.165, 1.54) is 6.20 Å². The van der Waals surface area contributed by atoms with Gasteiger partial charge in [-0.2, -0.15) is 0 Å². The quantitative estimate of drug-likeness (QED) is 0.445. The minimum atomic E-state index is -0.478. The Morgan fingerprint density at radius 1 is 1.68 bits per heavy atom. The molecule has 0 amide bonds. The molecule has 2 fully saturated rings. The predicted octanol–water partition coefficient (Wildman–Crippen LogP) is -0.373. The van der Waals surface area contributed by atoms with E-state index in [-0.39, 0.29) is 18.1 Å². The molecule has 0 spiro atoms. The van der Waals surface area contributed by atoms with Crippen LogP contribution in [0.15, 0.2) is 12.4 Å². The molecular formula is C11H16N4O4. The van der Waals surface area contributed by atoms with E-state index in [9.17, 15) is 10.1 Å². The van der Waals surface area contributed by atoms with Crippen LogP contribution in [0.2, 0.25) is 0 Å². The van der Waals surface area contributed by atoms with E-state index in [4.69, 9.17) is 9.84 Å². The number of aromatic nitrogens is 2. The molecule has 3 unspecified atom stereocenters. The van der Waals surface area contributed by atoms with E-state index in [0.29, 0.717) is 32.3 Å². The van der Waals surface area contributed by atoms with Gasteiger partial charge in [0.15, 0.2) is 0 Å². The summed E-state index contributed by atoms with van der Waals surface area (Å²) in [6.07, 6.45) is 3.96. The summed E-state index contributed by atoms with van der Waals surface area (Å²) in [5.41, 5.74) is -0.216. The van der Waals surface area contributed by atoms with Crippen LogP contribution < -0.4 is 0 Å². The Hall–Kier alpha value is -1.51. The molecule has 3 heterocycles. The molecule has 2 aliphatic heterocycles. The van der Waals surface area contributed by atoms with Crippen LogP contribution in [-0.2, 0) is 11.3 Å². The van der Waals surface area contributed by atoms with E-state index in [0.717, 1.165) is 6.42 Å². The van der Waals surface area contributed by atoms with Crippen LogP contribution >= 0.6 is 0 Å². The molecule has 0 aliphatic carbocycles. The zero-order valence-corrected chi connectivity index (χ0v) is 10.4. The van der Waals surface area contributed by atoms with Gasteiger partial charge in [-0.1, -0.05) is 4.98 Å². The van der Waals surface area contributed by atoms with E-state index in [1.54, 1.807) is 10.8 Å². The molecule has 0 aromatic carbocycles. The van der Waals surface area contributed by atoms with Crippen LogP contribution in [0.25, 0.3) is 0 Å². The van der Waals surface area contributed by atoms with Crippen molar-refractivity contribution in [3.8, 4) is 0 Å². The largest absolute Gasteiger partial charge is 0.434 e. The van der Waals surface area contributed by atoms with Crippen LogP contribution in [0.1, 0.15) is 6.42 Å². The molecule has 3 atom stereocenters. The topological polar surface area (TPSA) is 93.4 Å². The second-order valence-corrected chi connectivity index (χ2v) is 4.99. The number of hydrogen-bond acceptors (Lipinski definition) is 6. The van der Waals surface area contributed by atoms with Gasteiger partial charge in [0.25, 0.3) is 0 Å². The summed E-state index contributed by atoms with van der Waals surface area (Å²) in [4.78, 5) is 16.3. The summed E-state index contributed by atoms with van der Waals surface area (Å²) in [7, 11) is 0. The number of aliphatic hydroxyl groups is 1. The zero-order chi connectivity index (χ0) is 13.5. The first-order chi connectivity index (χ1) is 9.19. The molecule has 1 aromatic rings. The third-order valence-electron chi connectivity index (χ3n) is 4.03. The van der Waals surface area contributed by atoms with Crippen molar-refractivity contribution < 1.29 is 14.8 Å². The molecular weight excluding hydrogens is 252 g/mol. The van der Waals surface area contributed by atoms with Crippen LogP contribution in [-0.4, -0.2) is 62.4 Å². The Bertz CT molecular complexity index is 491. The lowest BCUT2D eigenvalue weighted by molar-refractivity contribution is -0.396. The van der Waals surface area contributed by atoms with Gasteiger partial charge in [0.2, 0.25) is 0 Å². The molecule has 8 nitrogen and oxygen atoms in total. The fourth-order valence-electron chi connectivity index (χ4n) is 3.17. The first kappa shape index (κ1) is 12.5. The number of hydrogen-bond donors (Lipinski definition) is 1. The number of rotatable bonds is 5. The molecule has 0 saturated carbocycles. The summed E-state index contributed by atoms with van der Waals surface area (Å²) in [5.74, 6) is -0.144. The summed E-state index contributed by atoms with van der Waals surface area (Å²) in [6.45, 7) is 2.40. The van der Waals surface area contributed by atoms with Crippen LogP contribution in [0.3, 0.4) is 0 Å². The van der Waals surface area contributed by atoms with Gasteiger partial charge >= 0.3 is 5.95 Å². The predicted molar refractivity (Wildman–Crippen MR) is 64.6 cm³/mol. The second kappa shape index (κ2) is 4.55. The van der Waals surface area contributed by atoms with E-state index in [1.807, 2.05) is 0 Å². The van der Waals surface area contributed by atoms with E-state index >= 15 is 0 Å². The lowest BCUT2D eigenvalue weighted by atomic mass is 10.0. The number of imidazole rings is 1. The van der Waals surface area contributed by atoms with Crippen molar-refractivity contribution in [2.75, 3.05) is 26.4 Å². The molecule has 0 radical (unpaired) electrons. The van der Waals surface area contributed by atoms with Gasteiger partial charge in [-0.25, -0.2) is 4.57 Å². The second-order valence-electron chi connectivity index (χ2n) is 4.99. The van der Waals surface area contributed by atoms with Crippen LogP contribution in [0.5, 0.6) is 0 Å². The smallest absolute Gasteiger partial charge is 0.395 e. The summed E-state index contributed by atoms with van der Waals surface area (Å²) < 4.78 is 7.08. The normalized spacial score (nSPS) is 32.9.